The summed E-state index contributed by atoms with van der Waals surface area (Å²) in [4.78, 5) is 3.29. The maximum Gasteiger partial charge on any atom is 0.433 e. The highest BCUT2D eigenvalue weighted by Gasteiger charge is 2.33. The summed E-state index contributed by atoms with van der Waals surface area (Å²) < 4.78 is 37.6. The fraction of sp³-hybridized carbons (Fsp3) is 0.308. The normalized spacial score (nSPS) is 13.3. The minimum Gasteiger partial charge on any atom is -0.383 e. The molecule has 0 spiro atoms. The summed E-state index contributed by atoms with van der Waals surface area (Å²) in [5.74, 6) is 0. The van der Waals surface area contributed by atoms with Gasteiger partial charge in [-0.1, -0.05) is 17.7 Å². The lowest BCUT2D eigenvalue weighted by Crippen LogP contribution is -2.11. The number of rotatable bonds is 2. The van der Waals surface area contributed by atoms with Crippen LogP contribution in [0, 0.1) is 13.8 Å². The number of aryl methyl sites for hydroxylation is 2. The Bertz CT molecular complexity index is 676. The van der Waals surface area contributed by atoms with Crippen molar-refractivity contribution in [2.24, 2.45) is 0 Å². The van der Waals surface area contributed by atoms with Crippen molar-refractivity contribution in [3.63, 3.8) is 0 Å². The van der Waals surface area contributed by atoms with E-state index in [1.54, 1.807) is 19.9 Å². The van der Waals surface area contributed by atoms with E-state index < -0.39 is 23.1 Å². The Hall–Kier alpha value is -1.73. The smallest absolute Gasteiger partial charge is 0.383 e. The van der Waals surface area contributed by atoms with Crippen LogP contribution in [0.4, 0.5) is 13.2 Å². The molecule has 2 rings (SSSR count). The summed E-state index contributed by atoms with van der Waals surface area (Å²) in [6, 6.07) is 3.49. The van der Waals surface area contributed by atoms with Crippen LogP contribution in [0.15, 0.2) is 18.2 Å². The summed E-state index contributed by atoms with van der Waals surface area (Å²) in [6.45, 7) is 3.33. The maximum atomic E-state index is 12.5. The quantitative estimate of drug-likeness (QED) is 0.864. The number of aliphatic hydroxyl groups is 1. The van der Waals surface area contributed by atoms with Crippen molar-refractivity contribution in [1.29, 1.82) is 0 Å². The van der Waals surface area contributed by atoms with E-state index in [4.69, 9.17) is 11.6 Å². The summed E-state index contributed by atoms with van der Waals surface area (Å²) in [6.07, 6.45) is -5.81. The molecule has 0 saturated carbocycles. The molecule has 1 N–H and O–H groups in total. The first-order valence-corrected chi connectivity index (χ1v) is 6.30. The molecule has 2 aromatic heterocycles. The third-order valence-electron chi connectivity index (χ3n) is 2.90. The van der Waals surface area contributed by atoms with Crippen molar-refractivity contribution in [1.82, 2.24) is 15.2 Å². The maximum absolute atomic E-state index is 12.5. The second-order valence-electron chi connectivity index (χ2n) is 4.50. The van der Waals surface area contributed by atoms with Crippen LogP contribution in [-0.4, -0.2) is 20.3 Å². The predicted octanol–water partition coefficient (Wildman–Crippen LogP) is 3.24. The number of hydrogen-bond donors (Lipinski definition) is 1. The monoisotopic (exact) mass is 317 g/mol. The zero-order chi connectivity index (χ0) is 15.8. The molecule has 0 aliphatic rings. The molecule has 2 heterocycles. The SMILES string of the molecule is Cc1cc(C(O)c2ccc(C(F)(F)F)nc2Cl)c(C)nn1. The average molecular weight is 318 g/mol. The van der Waals surface area contributed by atoms with E-state index in [1.807, 2.05) is 0 Å². The molecule has 112 valence electrons. The molecular weight excluding hydrogens is 307 g/mol. The molecule has 2 aromatic rings. The Kier molecular flexibility index (Phi) is 4.15. The van der Waals surface area contributed by atoms with Crippen molar-refractivity contribution < 1.29 is 18.3 Å². The average Bonchev–Trinajstić information content (AvgIpc) is 2.39. The van der Waals surface area contributed by atoms with E-state index >= 15 is 0 Å². The molecule has 8 heteroatoms. The number of alkyl halides is 3. The Morgan fingerprint density at radius 2 is 1.81 bits per heavy atom. The van der Waals surface area contributed by atoms with E-state index in [2.05, 4.69) is 15.2 Å². The second-order valence-corrected chi connectivity index (χ2v) is 4.86. The predicted molar refractivity (Wildman–Crippen MR) is 69.8 cm³/mol. The van der Waals surface area contributed by atoms with Gasteiger partial charge in [-0.2, -0.15) is 23.4 Å². The molecule has 21 heavy (non-hydrogen) atoms. The van der Waals surface area contributed by atoms with Gasteiger partial charge >= 0.3 is 6.18 Å². The molecule has 0 aliphatic heterocycles. The van der Waals surface area contributed by atoms with Gasteiger partial charge in [-0.15, -0.1) is 0 Å². The molecule has 0 radical (unpaired) electrons. The van der Waals surface area contributed by atoms with Crippen molar-refractivity contribution in [2.75, 3.05) is 0 Å². The zero-order valence-electron chi connectivity index (χ0n) is 11.1. The summed E-state index contributed by atoms with van der Waals surface area (Å²) in [5.41, 5.74) is 0.435. The number of aromatic nitrogens is 3. The molecule has 1 unspecified atom stereocenters. The van der Waals surface area contributed by atoms with Crippen LogP contribution < -0.4 is 0 Å². The van der Waals surface area contributed by atoms with E-state index in [0.717, 1.165) is 12.1 Å². The Morgan fingerprint density at radius 1 is 1.14 bits per heavy atom. The number of aliphatic hydroxyl groups excluding tert-OH is 1. The molecule has 0 aliphatic carbocycles. The van der Waals surface area contributed by atoms with Gasteiger partial charge in [-0.3, -0.25) is 0 Å². The second kappa shape index (κ2) is 5.57. The first-order valence-electron chi connectivity index (χ1n) is 5.92. The van der Waals surface area contributed by atoms with Gasteiger partial charge in [-0.05, 0) is 26.0 Å². The van der Waals surface area contributed by atoms with Gasteiger partial charge < -0.3 is 5.11 Å². The fourth-order valence-electron chi connectivity index (χ4n) is 1.82. The standard InChI is InChI=1S/C13H11ClF3N3O/c1-6-5-9(7(2)20-19-6)11(21)8-3-4-10(13(15,16)17)18-12(8)14/h3-5,11,21H,1-2H3. The molecule has 0 amide bonds. The topological polar surface area (TPSA) is 58.9 Å². The van der Waals surface area contributed by atoms with Crippen molar-refractivity contribution in [2.45, 2.75) is 26.1 Å². The summed E-state index contributed by atoms with van der Waals surface area (Å²) in [7, 11) is 0. The lowest BCUT2D eigenvalue weighted by Gasteiger charge is -2.15. The number of pyridine rings is 1. The fourth-order valence-corrected chi connectivity index (χ4v) is 2.08. The highest BCUT2D eigenvalue weighted by atomic mass is 35.5. The molecule has 0 fully saturated rings. The van der Waals surface area contributed by atoms with Gasteiger partial charge in [0.2, 0.25) is 0 Å². The van der Waals surface area contributed by atoms with Gasteiger partial charge in [-0.25, -0.2) is 4.98 Å². The molecule has 0 saturated heterocycles. The van der Waals surface area contributed by atoms with Crippen LogP contribution in [0.1, 0.15) is 34.3 Å². The zero-order valence-corrected chi connectivity index (χ0v) is 11.9. The number of halogens is 4. The molecule has 0 bridgehead atoms. The van der Waals surface area contributed by atoms with Crippen molar-refractivity contribution in [3.8, 4) is 0 Å². The van der Waals surface area contributed by atoms with Crippen LogP contribution in [0.2, 0.25) is 5.15 Å². The first-order chi connectivity index (χ1) is 9.70. The Labute approximate surface area is 123 Å². The van der Waals surface area contributed by atoms with Crippen LogP contribution in [0.25, 0.3) is 0 Å². The third kappa shape index (κ3) is 3.30. The highest BCUT2D eigenvalue weighted by Crippen LogP contribution is 2.33. The molecule has 4 nitrogen and oxygen atoms in total. The summed E-state index contributed by atoms with van der Waals surface area (Å²) in [5, 5.41) is 17.6. The third-order valence-corrected chi connectivity index (χ3v) is 3.20. The summed E-state index contributed by atoms with van der Waals surface area (Å²) >= 11 is 5.77. The van der Waals surface area contributed by atoms with Crippen molar-refractivity contribution >= 4 is 11.6 Å². The lowest BCUT2D eigenvalue weighted by molar-refractivity contribution is -0.141. The first kappa shape index (κ1) is 15.7. The van der Waals surface area contributed by atoms with Crippen molar-refractivity contribution in [3.05, 3.63) is 51.6 Å². The largest absolute Gasteiger partial charge is 0.433 e. The van der Waals surface area contributed by atoms with Gasteiger partial charge in [0, 0.05) is 11.1 Å². The number of nitrogens with zero attached hydrogens (tertiary/aromatic N) is 3. The molecular formula is C13H11ClF3N3O. The highest BCUT2D eigenvalue weighted by molar-refractivity contribution is 6.30. The van der Waals surface area contributed by atoms with Crippen LogP contribution in [-0.2, 0) is 6.18 Å². The van der Waals surface area contributed by atoms with Gasteiger partial charge in [0.05, 0.1) is 11.4 Å². The van der Waals surface area contributed by atoms with Gasteiger partial charge in [0.15, 0.2) is 0 Å². The van der Waals surface area contributed by atoms with E-state index in [0.29, 0.717) is 17.0 Å². The van der Waals surface area contributed by atoms with E-state index in [9.17, 15) is 18.3 Å². The number of hydrogen-bond acceptors (Lipinski definition) is 4. The molecule has 0 aromatic carbocycles. The van der Waals surface area contributed by atoms with Crippen LogP contribution >= 0.6 is 11.6 Å². The Balaban J connectivity index is 2.44. The minimum absolute atomic E-state index is 0.0835. The van der Waals surface area contributed by atoms with E-state index in [1.165, 1.54) is 0 Å². The lowest BCUT2D eigenvalue weighted by atomic mass is 10.0. The van der Waals surface area contributed by atoms with Gasteiger partial charge in [0.25, 0.3) is 0 Å². The van der Waals surface area contributed by atoms with Crippen LogP contribution in [0.3, 0.4) is 0 Å². The van der Waals surface area contributed by atoms with Gasteiger partial charge in [0.1, 0.15) is 17.0 Å². The van der Waals surface area contributed by atoms with Crippen LogP contribution in [0.5, 0.6) is 0 Å². The Morgan fingerprint density at radius 3 is 2.38 bits per heavy atom. The minimum atomic E-state index is -4.59. The molecule has 1 atom stereocenters. The van der Waals surface area contributed by atoms with E-state index in [-0.39, 0.29) is 5.56 Å².